The van der Waals surface area contributed by atoms with Crippen molar-refractivity contribution in [3.05, 3.63) is 29.8 Å². The lowest BCUT2D eigenvalue weighted by molar-refractivity contribution is -0.132. The average Bonchev–Trinajstić information content (AvgIpc) is 3.13. The molecule has 25 heavy (non-hydrogen) atoms. The lowest BCUT2D eigenvalue weighted by atomic mass is 10.1. The van der Waals surface area contributed by atoms with Crippen molar-refractivity contribution in [2.75, 3.05) is 13.1 Å². The van der Waals surface area contributed by atoms with Crippen molar-refractivity contribution in [1.82, 2.24) is 9.62 Å². The fourth-order valence-corrected chi connectivity index (χ4v) is 5.02. The first-order chi connectivity index (χ1) is 12.0. The second-order valence-corrected chi connectivity index (χ2v) is 8.90. The molecule has 1 heterocycles. The Bertz CT molecular complexity index is 673. The van der Waals surface area contributed by atoms with Gasteiger partial charge in [-0.3, -0.25) is 4.79 Å². The van der Waals surface area contributed by atoms with Crippen molar-refractivity contribution in [1.29, 1.82) is 0 Å². The van der Waals surface area contributed by atoms with Crippen LogP contribution in [0.25, 0.3) is 0 Å². The van der Waals surface area contributed by atoms with Crippen LogP contribution in [0.5, 0.6) is 0 Å². The molecule has 5 nitrogen and oxygen atoms in total. The van der Waals surface area contributed by atoms with Crippen molar-refractivity contribution < 1.29 is 13.2 Å². The van der Waals surface area contributed by atoms with E-state index in [1.54, 1.807) is 12.1 Å². The number of aryl methyl sites for hydroxylation is 1. The summed E-state index contributed by atoms with van der Waals surface area (Å²) in [6, 6.07) is 7.03. The molecule has 1 aromatic carbocycles. The zero-order chi connectivity index (χ0) is 17.7. The normalized spacial score (nSPS) is 19.3. The van der Waals surface area contributed by atoms with Gasteiger partial charge in [-0.2, -0.15) is 0 Å². The highest BCUT2D eigenvalue weighted by atomic mass is 32.2. The molecule has 0 aromatic heterocycles. The van der Waals surface area contributed by atoms with Crippen LogP contribution in [0.2, 0.25) is 0 Å². The predicted octanol–water partition coefficient (Wildman–Crippen LogP) is 2.85. The summed E-state index contributed by atoms with van der Waals surface area (Å²) >= 11 is 0. The van der Waals surface area contributed by atoms with E-state index < -0.39 is 10.0 Å². The van der Waals surface area contributed by atoms with Gasteiger partial charge in [-0.1, -0.05) is 25.0 Å². The summed E-state index contributed by atoms with van der Waals surface area (Å²) < 4.78 is 27.6. The summed E-state index contributed by atoms with van der Waals surface area (Å²) in [6.45, 7) is 1.76. The first-order valence-corrected chi connectivity index (χ1v) is 10.9. The average molecular weight is 365 g/mol. The number of carbonyl (C=O) groups excluding carboxylic acids is 1. The smallest absolute Gasteiger partial charge is 0.240 e. The Balaban J connectivity index is 1.53. The Morgan fingerprint density at radius 3 is 2.28 bits per heavy atom. The summed E-state index contributed by atoms with van der Waals surface area (Å²) in [5.41, 5.74) is 1.00. The lowest BCUT2D eigenvalue weighted by Crippen LogP contribution is -2.35. The standard InChI is InChI=1S/C19H28N2O3S/c22-19(21-14-4-1-5-15-21)13-10-16-8-11-18(12-9-16)25(23,24)20-17-6-2-3-7-17/h8-9,11-12,17,20H,1-7,10,13-15H2. The van der Waals surface area contributed by atoms with Crippen molar-refractivity contribution in [2.24, 2.45) is 0 Å². The molecule has 138 valence electrons. The molecule has 6 heteroatoms. The van der Waals surface area contributed by atoms with E-state index in [0.717, 1.165) is 57.2 Å². The van der Waals surface area contributed by atoms with Crippen LogP contribution in [0.1, 0.15) is 56.9 Å². The van der Waals surface area contributed by atoms with E-state index in [9.17, 15) is 13.2 Å². The van der Waals surface area contributed by atoms with Gasteiger partial charge in [-0.05, 0) is 56.2 Å². The summed E-state index contributed by atoms with van der Waals surface area (Å²) in [5, 5.41) is 0. The second kappa shape index (κ2) is 8.32. The van der Waals surface area contributed by atoms with Crippen molar-refractivity contribution >= 4 is 15.9 Å². The Morgan fingerprint density at radius 2 is 1.64 bits per heavy atom. The SMILES string of the molecule is O=C(CCc1ccc(S(=O)(=O)NC2CCCC2)cc1)N1CCCCC1. The van der Waals surface area contributed by atoms with Gasteiger partial charge >= 0.3 is 0 Å². The minimum absolute atomic E-state index is 0.0758. The molecular formula is C19H28N2O3S. The molecule has 1 saturated heterocycles. The number of nitrogens with zero attached hydrogens (tertiary/aromatic N) is 1. The highest BCUT2D eigenvalue weighted by molar-refractivity contribution is 7.89. The Labute approximate surface area is 150 Å². The Morgan fingerprint density at radius 1 is 1.00 bits per heavy atom. The van der Waals surface area contributed by atoms with Gasteiger partial charge in [0.2, 0.25) is 15.9 Å². The van der Waals surface area contributed by atoms with Crippen LogP contribution in [0.4, 0.5) is 0 Å². The fourth-order valence-electron chi connectivity index (χ4n) is 3.72. The highest BCUT2D eigenvalue weighted by Gasteiger charge is 2.23. The van der Waals surface area contributed by atoms with Gasteiger partial charge in [0.25, 0.3) is 0 Å². The molecule has 2 aliphatic rings. The highest BCUT2D eigenvalue weighted by Crippen LogP contribution is 2.21. The number of nitrogens with one attached hydrogen (secondary N) is 1. The lowest BCUT2D eigenvalue weighted by Gasteiger charge is -2.26. The van der Waals surface area contributed by atoms with Gasteiger partial charge in [-0.25, -0.2) is 13.1 Å². The van der Waals surface area contributed by atoms with Crippen LogP contribution >= 0.6 is 0 Å². The molecule has 1 aliphatic heterocycles. The van der Waals surface area contributed by atoms with E-state index in [-0.39, 0.29) is 11.9 Å². The number of carbonyl (C=O) groups is 1. The van der Waals surface area contributed by atoms with Crippen molar-refractivity contribution in [3.8, 4) is 0 Å². The van der Waals surface area contributed by atoms with Gasteiger partial charge in [0, 0.05) is 25.6 Å². The molecule has 0 atom stereocenters. The number of sulfonamides is 1. The zero-order valence-corrected chi connectivity index (χ0v) is 15.6. The molecule has 1 amide bonds. The van der Waals surface area contributed by atoms with Gasteiger partial charge in [0.05, 0.1) is 4.90 Å². The van der Waals surface area contributed by atoms with Gasteiger partial charge < -0.3 is 4.90 Å². The maximum absolute atomic E-state index is 12.4. The largest absolute Gasteiger partial charge is 0.343 e. The fraction of sp³-hybridized carbons (Fsp3) is 0.632. The third-order valence-electron chi connectivity index (χ3n) is 5.25. The molecule has 0 spiro atoms. The summed E-state index contributed by atoms with van der Waals surface area (Å²) in [6.07, 6.45) is 8.62. The van der Waals surface area contributed by atoms with Gasteiger partial charge in [-0.15, -0.1) is 0 Å². The maximum Gasteiger partial charge on any atom is 0.240 e. The van der Waals surface area contributed by atoms with E-state index in [4.69, 9.17) is 0 Å². The summed E-state index contributed by atoms with van der Waals surface area (Å²) in [4.78, 5) is 14.5. The van der Waals surface area contributed by atoms with Crippen LogP contribution in [0, 0.1) is 0 Å². The van der Waals surface area contributed by atoms with Crippen LogP contribution in [0.15, 0.2) is 29.2 Å². The number of hydrogen-bond donors (Lipinski definition) is 1. The van der Waals surface area contributed by atoms with E-state index in [1.165, 1.54) is 6.42 Å². The van der Waals surface area contributed by atoms with Crippen LogP contribution in [0.3, 0.4) is 0 Å². The number of piperidine rings is 1. The second-order valence-electron chi connectivity index (χ2n) is 7.19. The van der Waals surface area contributed by atoms with E-state index in [2.05, 4.69) is 4.72 Å². The number of amides is 1. The number of likely N-dealkylation sites (tertiary alicyclic amines) is 1. The molecular weight excluding hydrogens is 336 g/mol. The number of rotatable bonds is 6. The van der Waals surface area contributed by atoms with E-state index in [0.29, 0.717) is 17.7 Å². The molecule has 0 radical (unpaired) electrons. The van der Waals surface area contributed by atoms with Crippen LogP contribution in [-0.4, -0.2) is 38.4 Å². The number of benzene rings is 1. The summed E-state index contributed by atoms with van der Waals surface area (Å²) in [7, 11) is -3.43. The maximum atomic E-state index is 12.4. The van der Waals surface area contributed by atoms with Crippen LogP contribution in [-0.2, 0) is 21.2 Å². The first-order valence-electron chi connectivity index (χ1n) is 9.44. The van der Waals surface area contributed by atoms with E-state index in [1.807, 2.05) is 17.0 Å². The monoisotopic (exact) mass is 364 g/mol. The molecule has 0 unspecified atom stereocenters. The molecule has 1 saturated carbocycles. The zero-order valence-electron chi connectivity index (χ0n) is 14.7. The Kier molecular flexibility index (Phi) is 6.12. The Hall–Kier alpha value is -1.40. The molecule has 1 aliphatic carbocycles. The third-order valence-corrected chi connectivity index (χ3v) is 6.78. The van der Waals surface area contributed by atoms with Crippen molar-refractivity contribution in [2.45, 2.75) is 68.7 Å². The minimum atomic E-state index is -3.43. The van der Waals surface area contributed by atoms with Gasteiger partial charge in [0.15, 0.2) is 0 Å². The quantitative estimate of drug-likeness (QED) is 0.844. The predicted molar refractivity (Wildman–Crippen MR) is 97.8 cm³/mol. The van der Waals surface area contributed by atoms with E-state index >= 15 is 0 Å². The topological polar surface area (TPSA) is 66.5 Å². The molecule has 0 bridgehead atoms. The number of hydrogen-bond acceptors (Lipinski definition) is 3. The third kappa shape index (κ3) is 5.05. The summed E-state index contributed by atoms with van der Waals surface area (Å²) in [5.74, 6) is 0.208. The molecule has 1 N–H and O–H groups in total. The molecule has 3 rings (SSSR count). The molecule has 2 fully saturated rings. The van der Waals surface area contributed by atoms with Crippen molar-refractivity contribution in [3.63, 3.8) is 0 Å². The molecule has 1 aromatic rings. The first kappa shape index (κ1) is 18.4. The van der Waals surface area contributed by atoms with Crippen LogP contribution < -0.4 is 4.72 Å². The van der Waals surface area contributed by atoms with Gasteiger partial charge in [0.1, 0.15) is 0 Å². The minimum Gasteiger partial charge on any atom is -0.343 e.